The van der Waals surface area contributed by atoms with Crippen molar-refractivity contribution in [3.63, 3.8) is 0 Å². The second-order valence-corrected chi connectivity index (χ2v) is 7.20. The Morgan fingerprint density at radius 3 is 2.76 bits per heavy atom. The number of hydrogen-bond acceptors (Lipinski definition) is 4. The molecule has 0 unspecified atom stereocenters. The van der Waals surface area contributed by atoms with Gasteiger partial charge < -0.3 is 5.32 Å². The van der Waals surface area contributed by atoms with Gasteiger partial charge in [0, 0.05) is 19.3 Å². The molecule has 0 aromatic carbocycles. The Balaban J connectivity index is 1.97. The highest BCUT2D eigenvalue weighted by Crippen LogP contribution is 2.23. The number of rotatable bonds is 6. The Morgan fingerprint density at radius 1 is 1.43 bits per heavy atom. The zero-order valence-corrected chi connectivity index (χ0v) is 13.1. The lowest BCUT2D eigenvalue weighted by Crippen LogP contribution is -2.41. The van der Waals surface area contributed by atoms with Crippen molar-refractivity contribution in [3.05, 3.63) is 24.1 Å². The third kappa shape index (κ3) is 3.99. The second kappa shape index (κ2) is 7.29. The molecule has 1 aromatic heterocycles. The molecule has 2 rings (SSSR count). The van der Waals surface area contributed by atoms with Crippen molar-refractivity contribution < 1.29 is 12.8 Å². The Kier molecular flexibility index (Phi) is 5.66. The highest BCUT2D eigenvalue weighted by atomic mass is 32.2. The van der Waals surface area contributed by atoms with Crippen LogP contribution in [0.1, 0.15) is 26.2 Å². The van der Waals surface area contributed by atoms with Gasteiger partial charge in [0.25, 0.3) is 10.0 Å². The van der Waals surface area contributed by atoms with E-state index in [2.05, 4.69) is 17.2 Å². The van der Waals surface area contributed by atoms with Crippen molar-refractivity contribution in [1.82, 2.24) is 14.6 Å². The van der Waals surface area contributed by atoms with Crippen LogP contribution < -0.4 is 5.32 Å². The van der Waals surface area contributed by atoms with Crippen LogP contribution in [0.2, 0.25) is 0 Å². The predicted molar refractivity (Wildman–Crippen MR) is 78.8 cm³/mol. The van der Waals surface area contributed by atoms with Crippen LogP contribution in [0, 0.1) is 11.7 Å². The first-order valence-electron chi connectivity index (χ1n) is 7.37. The average Bonchev–Trinajstić information content (AvgIpc) is 2.48. The van der Waals surface area contributed by atoms with E-state index in [1.54, 1.807) is 0 Å². The summed E-state index contributed by atoms with van der Waals surface area (Å²) in [6, 6.07) is 2.52. The molecule has 5 nitrogen and oxygen atoms in total. The van der Waals surface area contributed by atoms with Crippen LogP contribution in [0.4, 0.5) is 4.39 Å². The van der Waals surface area contributed by atoms with Gasteiger partial charge in [-0.15, -0.1) is 0 Å². The summed E-state index contributed by atoms with van der Waals surface area (Å²) in [6.45, 7) is 4.87. The summed E-state index contributed by atoms with van der Waals surface area (Å²) >= 11 is 0. The minimum Gasteiger partial charge on any atom is -0.316 e. The highest BCUT2D eigenvalue weighted by molar-refractivity contribution is 7.89. The molecular weight excluding hydrogens is 293 g/mol. The lowest BCUT2D eigenvalue weighted by atomic mass is 9.98. The summed E-state index contributed by atoms with van der Waals surface area (Å²) in [5.74, 6) is -0.305. The predicted octanol–water partition coefficient (Wildman–Crippen LogP) is 1.62. The Bertz CT molecular complexity index is 557. The Hall–Kier alpha value is -1.05. The van der Waals surface area contributed by atoms with Crippen LogP contribution in [0.3, 0.4) is 0 Å². The number of aromatic nitrogens is 1. The van der Waals surface area contributed by atoms with Crippen molar-refractivity contribution in [2.24, 2.45) is 5.92 Å². The van der Waals surface area contributed by atoms with Crippen LogP contribution in [-0.2, 0) is 10.0 Å². The Labute approximate surface area is 125 Å². The third-order valence-electron chi connectivity index (χ3n) is 3.74. The maximum absolute atomic E-state index is 13.6. The van der Waals surface area contributed by atoms with Gasteiger partial charge in [-0.05, 0) is 50.4 Å². The molecule has 0 bridgehead atoms. The maximum Gasteiger partial charge on any atom is 0.263 e. The topological polar surface area (TPSA) is 62.3 Å². The van der Waals surface area contributed by atoms with Gasteiger partial charge in [-0.25, -0.2) is 17.8 Å². The van der Waals surface area contributed by atoms with E-state index in [9.17, 15) is 12.8 Å². The van der Waals surface area contributed by atoms with Gasteiger partial charge in [-0.2, -0.15) is 4.31 Å². The fourth-order valence-electron chi connectivity index (χ4n) is 2.52. The van der Waals surface area contributed by atoms with Crippen molar-refractivity contribution in [2.75, 3.05) is 26.2 Å². The van der Waals surface area contributed by atoms with Crippen molar-refractivity contribution >= 4 is 10.0 Å². The zero-order valence-electron chi connectivity index (χ0n) is 12.3. The summed E-state index contributed by atoms with van der Waals surface area (Å²) < 4.78 is 39.8. The lowest BCUT2D eigenvalue weighted by molar-refractivity contribution is 0.266. The molecule has 21 heavy (non-hydrogen) atoms. The summed E-state index contributed by atoms with van der Waals surface area (Å²) in [7, 11) is -3.81. The van der Waals surface area contributed by atoms with E-state index in [0.717, 1.165) is 38.4 Å². The smallest absolute Gasteiger partial charge is 0.263 e. The van der Waals surface area contributed by atoms with Gasteiger partial charge in [-0.1, -0.05) is 6.92 Å². The molecule has 1 aliphatic rings. The Morgan fingerprint density at radius 2 is 2.14 bits per heavy atom. The van der Waals surface area contributed by atoms with E-state index < -0.39 is 20.9 Å². The maximum atomic E-state index is 13.6. The summed E-state index contributed by atoms with van der Waals surface area (Å²) in [5.41, 5.74) is 0. The third-order valence-corrected chi connectivity index (χ3v) is 5.58. The fraction of sp³-hybridized carbons (Fsp3) is 0.643. The number of nitrogens with zero attached hydrogens (tertiary/aromatic N) is 2. The van der Waals surface area contributed by atoms with Crippen LogP contribution in [0.25, 0.3) is 0 Å². The number of halogens is 1. The van der Waals surface area contributed by atoms with Crippen LogP contribution >= 0.6 is 0 Å². The number of sulfonamides is 1. The van der Waals surface area contributed by atoms with Gasteiger partial charge in [-0.3, -0.25) is 0 Å². The second-order valence-electron chi connectivity index (χ2n) is 5.34. The van der Waals surface area contributed by atoms with Crippen molar-refractivity contribution in [1.29, 1.82) is 0 Å². The molecule has 0 spiro atoms. The number of piperidine rings is 1. The van der Waals surface area contributed by atoms with Crippen molar-refractivity contribution in [2.45, 2.75) is 31.2 Å². The van der Waals surface area contributed by atoms with Crippen LogP contribution in [0.5, 0.6) is 0 Å². The number of pyridine rings is 1. The van der Waals surface area contributed by atoms with Crippen LogP contribution in [0.15, 0.2) is 23.4 Å². The molecule has 1 aliphatic heterocycles. The van der Waals surface area contributed by atoms with Gasteiger partial charge in [0.15, 0.2) is 5.82 Å². The van der Waals surface area contributed by atoms with Crippen molar-refractivity contribution in [3.8, 4) is 0 Å². The first-order valence-corrected chi connectivity index (χ1v) is 8.81. The number of hydrogen-bond donors (Lipinski definition) is 1. The molecule has 0 atom stereocenters. The monoisotopic (exact) mass is 315 g/mol. The standard InChI is InChI=1S/C14H22FN3O2S/c1-2-7-16-11-12-5-9-18(10-6-12)21(19,20)14-13(15)4-3-8-17-14/h3-4,8,12,16H,2,5-7,9-11H2,1H3. The SMILES string of the molecule is CCCNCC1CCN(S(=O)(=O)c2ncccc2F)CC1. The molecule has 1 aromatic rings. The minimum atomic E-state index is -3.81. The van der Waals surface area contributed by atoms with E-state index in [1.165, 1.54) is 16.6 Å². The van der Waals surface area contributed by atoms with Gasteiger partial charge >= 0.3 is 0 Å². The molecule has 1 saturated heterocycles. The molecular formula is C14H22FN3O2S. The van der Waals surface area contributed by atoms with Gasteiger partial charge in [0.2, 0.25) is 5.03 Å². The number of nitrogens with one attached hydrogen (secondary N) is 1. The molecule has 2 heterocycles. The summed E-state index contributed by atoms with van der Waals surface area (Å²) in [4.78, 5) is 3.69. The lowest BCUT2D eigenvalue weighted by Gasteiger charge is -2.31. The molecule has 0 saturated carbocycles. The first-order chi connectivity index (χ1) is 10.1. The van der Waals surface area contributed by atoms with E-state index in [0.29, 0.717) is 19.0 Å². The van der Waals surface area contributed by atoms with Gasteiger partial charge in [0.1, 0.15) is 0 Å². The van der Waals surface area contributed by atoms with E-state index in [1.807, 2.05) is 0 Å². The molecule has 1 fully saturated rings. The largest absolute Gasteiger partial charge is 0.316 e. The van der Waals surface area contributed by atoms with E-state index >= 15 is 0 Å². The summed E-state index contributed by atoms with van der Waals surface area (Å²) in [5, 5.41) is 2.89. The molecule has 0 amide bonds. The normalized spacial score (nSPS) is 18.0. The zero-order chi connectivity index (χ0) is 15.3. The molecule has 1 N–H and O–H groups in total. The molecule has 7 heteroatoms. The van der Waals surface area contributed by atoms with E-state index in [-0.39, 0.29) is 0 Å². The van der Waals surface area contributed by atoms with Crippen LogP contribution in [-0.4, -0.2) is 43.9 Å². The first kappa shape index (κ1) is 16.3. The molecule has 0 aliphatic carbocycles. The molecule has 0 radical (unpaired) electrons. The summed E-state index contributed by atoms with van der Waals surface area (Å²) in [6.07, 6.45) is 3.98. The quantitative estimate of drug-likeness (QED) is 0.810. The van der Waals surface area contributed by atoms with E-state index in [4.69, 9.17) is 0 Å². The fourth-order valence-corrected chi connectivity index (χ4v) is 3.96. The van der Waals surface area contributed by atoms with Gasteiger partial charge in [0.05, 0.1) is 0 Å². The molecule has 118 valence electrons. The average molecular weight is 315 g/mol. The highest BCUT2D eigenvalue weighted by Gasteiger charge is 2.32. The minimum absolute atomic E-state index is 0.427.